The van der Waals surface area contributed by atoms with Gasteiger partial charge in [-0.05, 0) is 26.8 Å². The number of hydrogen-bond acceptors (Lipinski definition) is 4. The van der Waals surface area contributed by atoms with Gasteiger partial charge in [-0.25, -0.2) is 4.79 Å². The number of nitrogens with one attached hydrogen (secondary N) is 1. The van der Waals surface area contributed by atoms with Crippen molar-refractivity contribution in [1.29, 1.82) is 0 Å². The number of amides is 1. The molecule has 0 aliphatic heterocycles. The number of carbonyl (C=O) groups excluding carboxylic acids is 1. The summed E-state index contributed by atoms with van der Waals surface area (Å²) in [5, 5.41) is 8.41. The van der Waals surface area contributed by atoms with E-state index in [0.717, 1.165) is 16.6 Å². The maximum Gasteiger partial charge on any atom is 0.407 e. The smallest absolute Gasteiger partial charge is 0.407 e. The van der Waals surface area contributed by atoms with Crippen molar-refractivity contribution in [1.82, 2.24) is 15.1 Å². The Morgan fingerprint density at radius 3 is 2.57 bits per heavy atom. The molecule has 2 rings (SSSR count). The van der Waals surface area contributed by atoms with Crippen LogP contribution < -0.4 is 11.1 Å². The summed E-state index contributed by atoms with van der Waals surface area (Å²) in [6.07, 6.45) is -0.441. The molecule has 1 amide bonds. The van der Waals surface area contributed by atoms with Crippen LogP contribution in [0.3, 0.4) is 0 Å². The van der Waals surface area contributed by atoms with Crippen LogP contribution in [0.4, 0.5) is 4.79 Å². The molecule has 0 radical (unpaired) electrons. The van der Waals surface area contributed by atoms with Crippen LogP contribution in [0.1, 0.15) is 33.4 Å². The summed E-state index contributed by atoms with van der Waals surface area (Å²) in [6, 6.07) is 7.93. The Balaban J connectivity index is 2.26. The molecule has 6 heteroatoms. The zero-order valence-corrected chi connectivity index (χ0v) is 14.5. The van der Waals surface area contributed by atoms with E-state index in [4.69, 9.17) is 10.5 Å². The van der Waals surface area contributed by atoms with Crippen LogP contribution in [0.2, 0.25) is 0 Å². The molecule has 6 nitrogen and oxygen atoms in total. The monoisotopic (exact) mass is 318 g/mol. The molecule has 0 aliphatic carbocycles. The average molecular weight is 318 g/mol. The lowest BCUT2D eigenvalue weighted by Gasteiger charge is -2.29. The van der Waals surface area contributed by atoms with Crippen molar-refractivity contribution in [3.05, 3.63) is 30.0 Å². The number of aromatic nitrogens is 2. The number of benzene rings is 1. The van der Waals surface area contributed by atoms with Crippen LogP contribution in [-0.2, 0) is 17.2 Å². The molecule has 1 heterocycles. The molecule has 0 aliphatic rings. The van der Waals surface area contributed by atoms with Gasteiger partial charge in [0.1, 0.15) is 5.60 Å². The van der Waals surface area contributed by atoms with Crippen molar-refractivity contribution in [2.75, 3.05) is 13.1 Å². The third-order valence-corrected chi connectivity index (χ3v) is 3.78. The van der Waals surface area contributed by atoms with Crippen LogP contribution in [0.5, 0.6) is 0 Å². The van der Waals surface area contributed by atoms with Gasteiger partial charge in [0, 0.05) is 30.9 Å². The highest BCUT2D eigenvalue weighted by Crippen LogP contribution is 2.29. The van der Waals surface area contributed by atoms with Crippen molar-refractivity contribution in [3.8, 4) is 0 Å². The number of rotatable bonds is 4. The lowest BCUT2D eigenvalue weighted by molar-refractivity contribution is 0.0516. The molecule has 1 aromatic heterocycles. The molecule has 0 fully saturated rings. The van der Waals surface area contributed by atoms with Crippen molar-refractivity contribution < 1.29 is 9.53 Å². The van der Waals surface area contributed by atoms with Crippen LogP contribution in [0, 0.1) is 0 Å². The molecule has 1 unspecified atom stereocenters. The van der Waals surface area contributed by atoms with Crippen LogP contribution in [0.15, 0.2) is 24.3 Å². The van der Waals surface area contributed by atoms with Gasteiger partial charge in [0.2, 0.25) is 0 Å². The number of ether oxygens (including phenoxy) is 1. The lowest BCUT2D eigenvalue weighted by atomic mass is 9.84. The predicted octanol–water partition coefficient (Wildman–Crippen LogP) is 2.31. The van der Waals surface area contributed by atoms with Crippen molar-refractivity contribution in [2.24, 2.45) is 12.8 Å². The first kappa shape index (κ1) is 17.3. The number of aryl methyl sites for hydroxylation is 1. The summed E-state index contributed by atoms with van der Waals surface area (Å²) in [5.74, 6) is 0. The third kappa shape index (κ3) is 3.82. The Morgan fingerprint density at radius 2 is 1.96 bits per heavy atom. The maximum absolute atomic E-state index is 11.9. The van der Waals surface area contributed by atoms with E-state index in [2.05, 4.69) is 10.4 Å². The third-order valence-electron chi connectivity index (χ3n) is 3.78. The minimum absolute atomic E-state index is 0.377. The van der Waals surface area contributed by atoms with E-state index < -0.39 is 17.1 Å². The van der Waals surface area contributed by atoms with Gasteiger partial charge in [-0.2, -0.15) is 5.10 Å². The van der Waals surface area contributed by atoms with Gasteiger partial charge in [0.25, 0.3) is 0 Å². The zero-order chi connectivity index (χ0) is 17.3. The van der Waals surface area contributed by atoms with E-state index in [1.807, 2.05) is 63.7 Å². The summed E-state index contributed by atoms with van der Waals surface area (Å²) in [6.45, 7) is 8.29. The maximum atomic E-state index is 11.9. The van der Waals surface area contributed by atoms with Gasteiger partial charge in [0.15, 0.2) is 0 Å². The quantitative estimate of drug-likeness (QED) is 0.906. The number of carbonyl (C=O) groups is 1. The molecule has 0 spiro atoms. The molecular formula is C17H26N4O2. The Bertz CT molecular complexity index is 702. The molecular weight excluding hydrogens is 292 g/mol. The van der Waals surface area contributed by atoms with Gasteiger partial charge in [0.05, 0.1) is 11.2 Å². The minimum atomic E-state index is -0.525. The highest BCUT2D eigenvalue weighted by Gasteiger charge is 2.32. The number of hydrogen-bond donors (Lipinski definition) is 2. The van der Waals surface area contributed by atoms with Crippen LogP contribution >= 0.6 is 0 Å². The second-order valence-electron chi connectivity index (χ2n) is 7.11. The number of nitrogens with two attached hydrogens (primary N) is 1. The predicted molar refractivity (Wildman–Crippen MR) is 91.4 cm³/mol. The van der Waals surface area contributed by atoms with Crippen molar-refractivity contribution in [2.45, 2.75) is 38.7 Å². The van der Waals surface area contributed by atoms with Crippen LogP contribution in [0.25, 0.3) is 10.9 Å². The minimum Gasteiger partial charge on any atom is -0.444 e. The van der Waals surface area contributed by atoms with Gasteiger partial charge < -0.3 is 15.8 Å². The highest BCUT2D eigenvalue weighted by molar-refractivity contribution is 5.82. The van der Waals surface area contributed by atoms with E-state index in [1.54, 1.807) is 0 Å². The number of nitrogens with zero attached hydrogens (tertiary/aromatic N) is 2. The Morgan fingerprint density at radius 1 is 1.30 bits per heavy atom. The van der Waals surface area contributed by atoms with E-state index >= 15 is 0 Å². The van der Waals surface area contributed by atoms with E-state index in [9.17, 15) is 4.79 Å². The van der Waals surface area contributed by atoms with Crippen molar-refractivity contribution in [3.63, 3.8) is 0 Å². The van der Waals surface area contributed by atoms with E-state index in [0.29, 0.717) is 13.1 Å². The summed E-state index contributed by atoms with van der Waals surface area (Å²) < 4.78 is 7.14. The van der Waals surface area contributed by atoms with Gasteiger partial charge in [-0.1, -0.05) is 25.1 Å². The molecule has 1 aromatic carbocycles. The van der Waals surface area contributed by atoms with Gasteiger partial charge in [-0.3, -0.25) is 4.68 Å². The molecule has 126 valence electrons. The molecule has 3 N–H and O–H groups in total. The van der Waals surface area contributed by atoms with Crippen LogP contribution in [-0.4, -0.2) is 34.6 Å². The summed E-state index contributed by atoms with van der Waals surface area (Å²) in [7, 11) is 1.90. The first-order chi connectivity index (χ1) is 10.7. The average Bonchev–Trinajstić information content (AvgIpc) is 2.79. The summed E-state index contributed by atoms with van der Waals surface area (Å²) >= 11 is 0. The Kier molecular flexibility index (Phi) is 4.66. The molecule has 23 heavy (non-hydrogen) atoms. The second kappa shape index (κ2) is 6.20. The second-order valence-corrected chi connectivity index (χ2v) is 7.11. The SMILES string of the molecule is Cn1nc2ccccc2c1C(C)(CN)CNC(=O)OC(C)(C)C. The summed E-state index contributed by atoms with van der Waals surface area (Å²) in [4.78, 5) is 11.9. The highest BCUT2D eigenvalue weighted by atomic mass is 16.6. The standard InChI is InChI=1S/C17H26N4O2/c1-16(2,3)23-15(22)19-11-17(4,10-18)14-12-8-6-7-9-13(12)20-21(14)5/h6-9H,10-11,18H2,1-5H3,(H,19,22). The van der Waals surface area contributed by atoms with Gasteiger partial charge >= 0.3 is 6.09 Å². The topological polar surface area (TPSA) is 82.2 Å². The molecule has 0 bridgehead atoms. The van der Waals surface area contributed by atoms with Crippen molar-refractivity contribution >= 4 is 17.0 Å². The Hall–Kier alpha value is -2.08. The largest absolute Gasteiger partial charge is 0.444 e. The normalized spacial score (nSPS) is 14.5. The lowest BCUT2D eigenvalue weighted by Crippen LogP contribution is -2.46. The zero-order valence-electron chi connectivity index (χ0n) is 14.5. The molecule has 2 aromatic rings. The number of fused-ring (bicyclic) bond motifs is 1. The molecule has 0 saturated carbocycles. The molecule has 0 saturated heterocycles. The Labute approximate surface area is 137 Å². The van der Waals surface area contributed by atoms with E-state index in [1.165, 1.54) is 0 Å². The van der Waals surface area contributed by atoms with E-state index in [-0.39, 0.29) is 0 Å². The fourth-order valence-electron chi connectivity index (χ4n) is 2.70. The first-order valence-electron chi connectivity index (χ1n) is 7.75. The molecule has 1 atom stereocenters. The number of alkyl carbamates (subject to hydrolysis) is 1. The van der Waals surface area contributed by atoms with Gasteiger partial charge in [-0.15, -0.1) is 0 Å². The fourth-order valence-corrected chi connectivity index (χ4v) is 2.70. The summed E-state index contributed by atoms with van der Waals surface area (Å²) in [5.41, 5.74) is 6.99. The first-order valence-corrected chi connectivity index (χ1v) is 7.75. The fraction of sp³-hybridized carbons (Fsp3) is 0.529.